The molecule has 0 N–H and O–H groups in total. The highest BCUT2D eigenvalue weighted by Gasteiger charge is 2.22. The molecule has 0 fully saturated rings. The average Bonchev–Trinajstić information content (AvgIpc) is 3.41. The molecule has 0 aliphatic heterocycles. The first-order chi connectivity index (χ1) is 37.1. The zero-order chi connectivity index (χ0) is 60.1. The zero-order valence-electron chi connectivity index (χ0n) is 48.5. The topological polar surface area (TPSA) is 316 Å². The third-order valence-corrected chi connectivity index (χ3v) is 9.09. The lowest BCUT2D eigenvalue weighted by molar-refractivity contribution is -0.166. The van der Waals surface area contributed by atoms with Crippen molar-refractivity contribution in [1.29, 1.82) is 0 Å². The van der Waals surface area contributed by atoms with E-state index in [1.165, 1.54) is 0 Å². The van der Waals surface area contributed by atoms with Gasteiger partial charge in [-0.05, 0) is 38.5 Å². The van der Waals surface area contributed by atoms with E-state index in [1.807, 2.05) is 41.5 Å². The summed E-state index contributed by atoms with van der Waals surface area (Å²) in [5.41, 5.74) is 0. The van der Waals surface area contributed by atoms with Crippen LogP contribution in [0.4, 0.5) is 0 Å². The molecule has 452 valence electrons. The number of esters is 12. The van der Waals surface area contributed by atoms with Gasteiger partial charge in [-0.2, -0.15) is 0 Å². The van der Waals surface area contributed by atoms with Crippen LogP contribution in [-0.2, 0) is 114 Å². The summed E-state index contributed by atoms with van der Waals surface area (Å²) in [6, 6.07) is 0. The second-order valence-electron chi connectivity index (χ2n) is 16.5. The Balaban J connectivity index is -0.000000468. The molecule has 2 unspecified atom stereocenters. The second kappa shape index (κ2) is 54.0. The molecular formula is C54H92O24. The Morgan fingerprint density at radius 2 is 0.346 bits per heavy atom. The lowest BCUT2D eigenvalue weighted by Crippen LogP contribution is -2.30. The van der Waals surface area contributed by atoms with Gasteiger partial charge in [0.1, 0.15) is 52.9 Å². The van der Waals surface area contributed by atoms with Gasteiger partial charge < -0.3 is 56.8 Å². The molecule has 0 radical (unpaired) electrons. The van der Waals surface area contributed by atoms with Crippen LogP contribution in [0, 0.1) is 0 Å². The Kier molecular flexibility index (Phi) is 54.1. The normalized spacial score (nSPS) is 10.8. The number of rotatable bonds is 38. The van der Waals surface area contributed by atoms with Crippen LogP contribution in [-0.4, -0.2) is 149 Å². The van der Waals surface area contributed by atoms with Gasteiger partial charge in [-0.1, -0.05) is 83.1 Å². The maximum atomic E-state index is 11.4. The Labute approximate surface area is 460 Å². The summed E-state index contributed by atoms with van der Waals surface area (Å²) >= 11 is 0. The van der Waals surface area contributed by atoms with E-state index in [-0.39, 0.29) is 134 Å². The molecular weight excluding hydrogens is 1030 g/mol. The minimum atomic E-state index is -0.747. The van der Waals surface area contributed by atoms with Crippen molar-refractivity contribution in [2.24, 2.45) is 0 Å². The first-order valence-corrected chi connectivity index (χ1v) is 27.1. The summed E-state index contributed by atoms with van der Waals surface area (Å²) in [6.45, 7) is 20.4. The van der Waals surface area contributed by atoms with Gasteiger partial charge in [0.15, 0.2) is 24.4 Å². The van der Waals surface area contributed by atoms with Crippen LogP contribution in [0.5, 0.6) is 0 Å². The van der Waals surface area contributed by atoms with E-state index in [2.05, 4.69) is 0 Å². The van der Waals surface area contributed by atoms with Crippen molar-refractivity contribution < 1.29 is 114 Å². The standard InChI is InChI=1S/2C14H24O6.2C13H22O6/c1-4-7-13(16)18-9-11(20-12(15)6-3)10-19-14(17)8-5-2;1-4-7-13(16)19-10-11(9-18-12(15)6-3)20-14(17)8-5-2;1-4-7-13(16)18-9-10(19-12(15)6-3)8-17-11(14)5-2;1-4-7-13(16)19-10(8-17-11(14)5-2)9-18-12(15)6-3/h2*11H,4-10H2,1-3H3;2*10H,4-9H2,1-3H3. The number of hydrogen-bond acceptors (Lipinski definition) is 24. The van der Waals surface area contributed by atoms with E-state index in [0.29, 0.717) is 64.2 Å². The van der Waals surface area contributed by atoms with Gasteiger partial charge in [-0.3, -0.25) is 57.5 Å². The minimum absolute atomic E-state index is 0.0920. The van der Waals surface area contributed by atoms with Crippen LogP contribution >= 0.6 is 0 Å². The number of hydrogen-bond donors (Lipinski definition) is 0. The maximum Gasteiger partial charge on any atom is 0.306 e. The lowest BCUT2D eigenvalue weighted by Gasteiger charge is -2.17. The highest BCUT2D eigenvalue weighted by molar-refractivity contribution is 5.73. The Morgan fingerprint density at radius 1 is 0.205 bits per heavy atom. The van der Waals surface area contributed by atoms with E-state index >= 15 is 0 Å². The van der Waals surface area contributed by atoms with Gasteiger partial charge in [-0.25, -0.2) is 0 Å². The first kappa shape index (κ1) is 78.1. The number of ether oxygens (including phenoxy) is 12. The Hall–Kier alpha value is -6.36. The highest BCUT2D eigenvalue weighted by atomic mass is 16.6. The SMILES string of the molecule is CCCC(=O)OC(COC(=O)CC)COC(=O)CC.CCCC(=O)OCC(COC(=O)CC)OC(=O)CC.CCCC(=O)OCC(COC(=O)CC)OC(=O)CCC.CCCC(=O)OCC(COC(=O)CCC)OC(=O)CC. The molecule has 2 atom stereocenters. The number of carbonyl (C=O) groups is 12. The van der Waals surface area contributed by atoms with Crippen molar-refractivity contribution in [2.45, 2.75) is 223 Å². The molecule has 24 nitrogen and oxygen atoms in total. The molecule has 0 aliphatic rings. The molecule has 0 rings (SSSR count). The molecule has 0 amide bonds. The largest absolute Gasteiger partial charge is 0.462 e. The summed E-state index contributed by atoms with van der Waals surface area (Å²) in [6.07, 6.45) is 4.25. The van der Waals surface area contributed by atoms with Crippen molar-refractivity contribution in [3.05, 3.63) is 0 Å². The lowest BCUT2D eigenvalue weighted by atomic mass is 10.3. The van der Waals surface area contributed by atoms with Crippen LogP contribution in [0.3, 0.4) is 0 Å². The van der Waals surface area contributed by atoms with E-state index in [9.17, 15) is 57.5 Å². The molecule has 0 saturated carbocycles. The van der Waals surface area contributed by atoms with Crippen molar-refractivity contribution in [3.63, 3.8) is 0 Å². The van der Waals surface area contributed by atoms with Gasteiger partial charge in [0, 0.05) is 77.0 Å². The highest BCUT2D eigenvalue weighted by Crippen LogP contribution is 2.07. The average molecular weight is 1130 g/mol. The summed E-state index contributed by atoms with van der Waals surface area (Å²) in [5, 5.41) is 0. The van der Waals surface area contributed by atoms with Gasteiger partial charge in [-0.15, -0.1) is 0 Å². The van der Waals surface area contributed by atoms with E-state index in [4.69, 9.17) is 56.8 Å². The minimum Gasteiger partial charge on any atom is -0.462 e. The zero-order valence-corrected chi connectivity index (χ0v) is 48.5. The monoisotopic (exact) mass is 1120 g/mol. The van der Waals surface area contributed by atoms with Crippen molar-refractivity contribution in [2.75, 3.05) is 52.9 Å². The first-order valence-electron chi connectivity index (χ1n) is 27.1. The molecule has 0 bridgehead atoms. The van der Waals surface area contributed by atoms with Gasteiger partial charge in [0.25, 0.3) is 0 Å². The maximum absolute atomic E-state index is 11.4. The molecule has 0 spiro atoms. The van der Waals surface area contributed by atoms with Crippen LogP contribution in [0.2, 0.25) is 0 Å². The third kappa shape index (κ3) is 51.7. The fraction of sp³-hybridized carbons (Fsp3) is 0.778. The molecule has 0 aromatic carbocycles. The molecule has 0 aromatic heterocycles. The van der Waals surface area contributed by atoms with Crippen molar-refractivity contribution >= 4 is 71.6 Å². The van der Waals surface area contributed by atoms with Gasteiger partial charge in [0.2, 0.25) is 0 Å². The molecule has 0 aromatic rings. The summed E-state index contributed by atoms with van der Waals surface area (Å²) < 4.78 is 59.8. The summed E-state index contributed by atoms with van der Waals surface area (Å²) in [5.74, 6) is -4.63. The van der Waals surface area contributed by atoms with Crippen LogP contribution in [0.25, 0.3) is 0 Å². The Morgan fingerprint density at radius 3 is 0.500 bits per heavy atom. The predicted octanol–water partition coefficient (Wildman–Crippen LogP) is 7.20. The van der Waals surface area contributed by atoms with Crippen LogP contribution < -0.4 is 0 Å². The summed E-state index contributed by atoms with van der Waals surface area (Å²) in [7, 11) is 0. The molecule has 24 heteroatoms. The molecule has 0 aliphatic carbocycles. The second-order valence-corrected chi connectivity index (χ2v) is 16.5. The van der Waals surface area contributed by atoms with Gasteiger partial charge in [0.05, 0.1) is 0 Å². The van der Waals surface area contributed by atoms with E-state index in [1.54, 1.807) is 41.5 Å². The van der Waals surface area contributed by atoms with Crippen molar-refractivity contribution in [1.82, 2.24) is 0 Å². The summed E-state index contributed by atoms with van der Waals surface area (Å²) in [4.78, 5) is 135. The fourth-order valence-electron chi connectivity index (χ4n) is 4.90. The quantitative estimate of drug-likeness (QED) is 0.0436. The van der Waals surface area contributed by atoms with Crippen LogP contribution in [0.15, 0.2) is 0 Å². The smallest absolute Gasteiger partial charge is 0.306 e. The third-order valence-electron chi connectivity index (χ3n) is 9.09. The number of carbonyl (C=O) groups excluding carboxylic acids is 12. The molecule has 0 heterocycles. The predicted molar refractivity (Wildman–Crippen MR) is 278 cm³/mol. The van der Waals surface area contributed by atoms with E-state index < -0.39 is 66.2 Å². The molecule has 0 saturated heterocycles. The fourth-order valence-corrected chi connectivity index (χ4v) is 4.90. The molecule has 78 heavy (non-hydrogen) atoms. The van der Waals surface area contributed by atoms with Crippen LogP contribution in [0.1, 0.15) is 199 Å². The Bertz CT molecular complexity index is 1670. The van der Waals surface area contributed by atoms with E-state index in [0.717, 1.165) is 0 Å². The van der Waals surface area contributed by atoms with Crippen molar-refractivity contribution in [3.8, 4) is 0 Å². The van der Waals surface area contributed by atoms with Gasteiger partial charge >= 0.3 is 71.6 Å².